The zero-order valence-electron chi connectivity index (χ0n) is 11.9. The van der Waals surface area contributed by atoms with Gasteiger partial charge in [-0.15, -0.1) is 0 Å². The topological polar surface area (TPSA) is 87.1 Å². The van der Waals surface area contributed by atoms with Gasteiger partial charge in [0.05, 0.1) is 18.3 Å². The number of aromatic carboxylic acids is 1. The molecule has 0 aromatic heterocycles. The first kappa shape index (κ1) is 15.5. The van der Waals surface area contributed by atoms with E-state index in [4.69, 9.17) is 14.9 Å². The fraction of sp³-hybridized carbons (Fsp3) is 0.467. The molecule has 0 saturated carbocycles. The summed E-state index contributed by atoms with van der Waals surface area (Å²) in [5, 5.41) is 18.0. The SMILES string of the molecule is CC1CCC(C(=O)N(CCO)c2ccc(C(=O)O)cc2)O1. The van der Waals surface area contributed by atoms with Gasteiger partial charge in [0.1, 0.15) is 6.10 Å². The highest BCUT2D eigenvalue weighted by Gasteiger charge is 2.32. The van der Waals surface area contributed by atoms with E-state index in [1.54, 1.807) is 12.1 Å². The number of rotatable bonds is 5. The zero-order valence-corrected chi connectivity index (χ0v) is 11.9. The Balaban J connectivity index is 2.17. The predicted octanol–water partition coefficient (Wildman–Crippen LogP) is 1.28. The van der Waals surface area contributed by atoms with Crippen molar-refractivity contribution in [2.75, 3.05) is 18.1 Å². The lowest BCUT2D eigenvalue weighted by atomic mass is 10.1. The summed E-state index contributed by atoms with van der Waals surface area (Å²) in [6.07, 6.45) is 1.06. The van der Waals surface area contributed by atoms with Crippen molar-refractivity contribution < 1.29 is 24.5 Å². The number of hydrogen-bond donors (Lipinski definition) is 2. The Labute approximate surface area is 122 Å². The molecule has 0 radical (unpaired) electrons. The van der Waals surface area contributed by atoms with E-state index >= 15 is 0 Å². The normalized spacial score (nSPS) is 21.2. The molecule has 1 aliphatic heterocycles. The molecule has 21 heavy (non-hydrogen) atoms. The standard InChI is InChI=1S/C15H19NO5/c1-10-2-7-13(21-10)14(18)16(8-9-17)12-5-3-11(4-6-12)15(19)20/h3-6,10,13,17H,2,7-9H2,1H3,(H,19,20). The highest BCUT2D eigenvalue weighted by Crippen LogP contribution is 2.24. The van der Waals surface area contributed by atoms with Crippen LogP contribution in [0, 0.1) is 0 Å². The molecule has 2 rings (SSSR count). The molecule has 1 saturated heterocycles. The summed E-state index contributed by atoms with van der Waals surface area (Å²) in [6, 6.07) is 6.01. The lowest BCUT2D eigenvalue weighted by molar-refractivity contribution is -0.129. The molecule has 6 nitrogen and oxygen atoms in total. The van der Waals surface area contributed by atoms with E-state index in [0.717, 1.165) is 6.42 Å². The lowest BCUT2D eigenvalue weighted by Crippen LogP contribution is -2.41. The van der Waals surface area contributed by atoms with Gasteiger partial charge >= 0.3 is 5.97 Å². The van der Waals surface area contributed by atoms with E-state index in [1.807, 2.05) is 6.92 Å². The minimum absolute atomic E-state index is 0.0595. The van der Waals surface area contributed by atoms with Crippen LogP contribution in [0.25, 0.3) is 0 Å². The van der Waals surface area contributed by atoms with Gasteiger partial charge in [-0.05, 0) is 44.0 Å². The fourth-order valence-corrected chi connectivity index (χ4v) is 2.41. The molecular weight excluding hydrogens is 274 g/mol. The molecule has 6 heteroatoms. The van der Waals surface area contributed by atoms with E-state index in [2.05, 4.69) is 0 Å². The minimum atomic E-state index is -1.02. The number of carbonyl (C=O) groups is 2. The summed E-state index contributed by atoms with van der Waals surface area (Å²) >= 11 is 0. The van der Waals surface area contributed by atoms with Crippen LogP contribution in [-0.4, -0.2) is 47.4 Å². The van der Waals surface area contributed by atoms with Crippen LogP contribution in [0.3, 0.4) is 0 Å². The second-order valence-corrected chi connectivity index (χ2v) is 5.08. The number of nitrogens with zero attached hydrogens (tertiary/aromatic N) is 1. The number of aliphatic hydroxyl groups is 1. The van der Waals surface area contributed by atoms with Crippen molar-refractivity contribution in [3.63, 3.8) is 0 Å². The van der Waals surface area contributed by atoms with Crippen LogP contribution < -0.4 is 4.90 Å². The number of carbonyl (C=O) groups excluding carboxylic acids is 1. The summed E-state index contributed by atoms with van der Waals surface area (Å²) in [7, 11) is 0. The number of carboxylic acids is 1. The van der Waals surface area contributed by atoms with Crippen molar-refractivity contribution in [2.24, 2.45) is 0 Å². The van der Waals surface area contributed by atoms with E-state index in [0.29, 0.717) is 12.1 Å². The lowest BCUT2D eigenvalue weighted by Gasteiger charge is -2.25. The van der Waals surface area contributed by atoms with Gasteiger partial charge in [0.25, 0.3) is 5.91 Å². The van der Waals surface area contributed by atoms with Crippen LogP contribution in [0.1, 0.15) is 30.1 Å². The van der Waals surface area contributed by atoms with Crippen molar-refractivity contribution in [3.8, 4) is 0 Å². The molecule has 2 N–H and O–H groups in total. The Hall–Kier alpha value is -1.92. The molecule has 2 atom stereocenters. The van der Waals surface area contributed by atoms with E-state index < -0.39 is 12.1 Å². The van der Waals surface area contributed by atoms with Gasteiger partial charge in [-0.25, -0.2) is 4.79 Å². The third-order valence-electron chi connectivity index (χ3n) is 3.52. The maximum atomic E-state index is 12.5. The average molecular weight is 293 g/mol. The molecule has 0 aliphatic carbocycles. The molecular formula is C15H19NO5. The Morgan fingerprint density at radius 2 is 1.95 bits per heavy atom. The van der Waals surface area contributed by atoms with E-state index in [-0.39, 0.29) is 30.7 Å². The molecule has 1 amide bonds. The molecule has 114 valence electrons. The highest BCUT2D eigenvalue weighted by molar-refractivity contribution is 5.97. The summed E-state index contributed by atoms with van der Waals surface area (Å²) < 4.78 is 5.57. The van der Waals surface area contributed by atoms with Crippen LogP contribution >= 0.6 is 0 Å². The molecule has 1 fully saturated rings. The number of hydrogen-bond acceptors (Lipinski definition) is 4. The Kier molecular flexibility index (Phi) is 4.93. The number of aliphatic hydroxyl groups excluding tert-OH is 1. The van der Waals surface area contributed by atoms with Gasteiger partial charge in [0.2, 0.25) is 0 Å². The zero-order chi connectivity index (χ0) is 15.4. The molecule has 1 aromatic carbocycles. The first-order chi connectivity index (χ1) is 10.0. The molecule has 0 bridgehead atoms. The number of ether oxygens (including phenoxy) is 1. The van der Waals surface area contributed by atoms with Crippen LogP contribution in [-0.2, 0) is 9.53 Å². The smallest absolute Gasteiger partial charge is 0.335 e. The van der Waals surface area contributed by atoms with E-state index in [9.17, 15) is 9.59 Å². The van der Waals surface area contributed by atoms with Crippen LogP contribution in [0.4, 0.5) is 5.69 Å². The highest BCUT2D eigenvalue weighted by atomic mass is 16.5. The first-order valence-corrected chi connectivity index (χ1v) is 6.94. The first-order valence-electron chi connectivity index (χ1n) is 6.94. The van der Waals surface area contributed by atoms with Gasteiger partial charge in [0.15, 0.2) is 0 Å². The number of benzene rings is 1. The molecule has 0 spiro atoms. The van der Waals surface area contributed by atoms with E-state index in [1.165, 1.54) is 17.0 Å². The summed E-state index contributed by atoms with van der Waals surface area (Å²) in [5.41, 5.74) is 0.711. The second-order valence-electron chi connectivity index (χ2n) is 5.08. The third kappa shape index (κ3) is 3.59. The third-order valence-corrected chi connectivity index (χ3v) is 3.52. The maximum Gasteiger partial charge on any atom is 0.335 e. The van der Waals surface area contributed by atoms with Crippen LogP contribution in [0.5, 0.6) is 0 Å². The summed E-state index contributed by atoms with van der Waals surface area (Å²) in [4.78, 5) is 24.8. The van der Waals surface area contributed by atoms with Crippen LogP contribution in [0.2, 0.25) is 0 Å². The van der Waals surface area contributed by atoms with Gasteiger partial charge < -0.3 is 19.8 Å². The second kappa shape index (κ2) is 6.69. The average Bonchev–Trinajstić information content (AvgIpc) is 2.91. The molecule has 1 aromatic rings. The number of carboxylic acid groups (broad SMARTS) is 1. The van der Waals surface area contributed by atoms with Gasteiger partial charge in [0, 0.05) is 12.2 Å². The Morgan fingerprint density at radius 3 is 2.43 bits per heavy atom. The summed E-state index contributed by atoms with van der Waals surface area (Å²) in [5.74, 6) is -1.22. The van der Waals surface area contributed by atoms with Crippen LogP contribution in [0.15, 0.2) is 24.3 Å². The van der Waals surface area contributed by atoms with Crippen molar-refractivity contribution in [1.82, 2.24) is 0 Å². The Morgan fingerprint density at radius 1 is 1.29 bits per heavy atom. The van der Waals surface area contributed by atoms with Crippen molar-refractivity contribution in [3.05, 3.63) is 29.8 Å². The Bertz CT molecular complexity index is 513. The van der Waals surface area contributed by atoms with Crippen molar-refractivity contribution in [2.45, 2.75) is 32.0 Å². The monoisotopic (exact) mass is 293 g/mol. The number of anilines is 1. The molecule has 1 aliphatic rings. The predicted molar refractivity (Wildman–Crippen MR) is 76.4 cm³/mol. The molecule has 1 heterocycles. The fourth-order valence-electron chi connectivity index (χ4n) is 2.41. The van der Waals surface area contributed by atoms with Crippen molar-refractivity contribution in [1.29, 1.82) is 0 Å². The largest absolute Gasteiger partial charge is 0.478 e. The minimum Gasteiger partial charge on any atom is -0.478 e. The quantitative estimate of drug-likeness (QED) is 0.854. The van der Waals surface area contributed by atoms with Crippen molar-refractivity contribution >= 4 is 17.6 Å². The summed E-state index contributed by atoms with van der Waals surface area (Å²) in [6.45, 7) is 1.90. The van der Waals surface area contributed by atoms with Gasteiger partial charge in [-0.2, -0.15) is 0 Å². The maximum absolute atomic E-state index is 12.5. The van der Waals surface area contributed by atoms with Gasteiger partial charge in [-0.3, -0.25) is 4.79 Å². The van der Waals surface area contributed by atoms with Gasteiger partial charge in [-0.1, -0.05) is 0 Å². The molecule has 2 unspecified atom stereocenters. The number of amides is 1.